The van der Waals surface area contributed by atoms with Gasteiger partial charge in [-0.05, 0) is 24.3 Å². The number of carbonyl (C=O) groups is 2. The molecule has 0 bridgehead atoms. The molecule has 0 aliphatic heterocycles. The number of fused-ring (bicyclic) bond motifs is 2. The van der Waals surface area contributed by atoms with Crippen LogP contribution in [0, 0.1) is 10.1 Å². The van der Waals surface area contributed by atoms with Gasteiger partial charge in [0.25, 0.3) is 5.69 Å². The first-order valence-corrected chi connectivity index (χ1v) is 8.16. The van der Waals surface area contributed by atoms with Gasteiger partial charge in [-0.3, -0.25) is 19.7 Å². The van der Waals surface area contributed by atoms with Crippen LogP contribution in [0.2, 0.25) is 0 Å². The molecule has 0 unspecified atom stereocenters. The highest BCUT2D eigenvalue weighted by Gasteiger charge is 2.35. The highest BCUT2D eigenvalue weighted by molar-refractivity contribution is 6.30. The first-order valence-electron chi connectivity index (χ1n) is 8.16. The van der Waals surface area contributed by atoms with Gasteiger partial charge in [-0.2, -0.15) is 0 Å². The van der Waals surface area contributed by atoms with E-state index in [9.17, 15) is 29.9 Å². The lowest BCUT2D eigenvalue weighted by Crippen LogP contribution is -2.21. The van der Waals surface area contributed by atoms with Crippen molar-refractivity contribution in [2.75, 3.05) is 5.32 Å². The molecular formula is C20H12N2O6. The largest absolute Gasteiger partial charge is 0.507 e. The molecule has 138 valence electrons. The van der Waals surface area contributed by atoms with E-state index in [1.165, 1.54) is 6.07 Å². The molecule has 0 fully saturated rings. The van der Waals surface area contributed by atoms with Gasteiger partial charge in [-0.1, -0.05) is 18.2 Å². The number of para-hydroxylation sites is 1. The van der Waals surface area contributed by atoms with E-state index in [-0.39, 0.29) is 33.7 Å². The Bertz CT molecular complexity index is 1170. The van der Waals surface area contributed by atoms with Crippen molar-refractivity contribution in [2.45, 2.75) is 0 Å². The Labute approximate surface area is 157 Å². The summed E-state index contributed by atoms with van der Waals surface area (Å²) in [7, 11) is 0. The molecule has 1 aliphatic carbocycles. The van der Waals surface area contributed by atoms with Crippen molar-refractivity contribution >= 4 is 28.6 Å². The number of carbonyl (C=O) groups excluding carboxylic acids is 2. The second kappa shape index (κ2) is 6.20. The number of nitro benzene ring substituents is 1. The molecule has 28 heavy (non-hydrogen) atoms. The Hall–Kier alpha value is -4.20. The minimum absolute atomic E-state index is 0.0198. The van der Waals surface area contributed by atoms with Gasteiger partial charge in [0, 0.05) is 28.4 Å². The van der Waals surface area contributed by atoms with E-state index in [2.05, 4.69) is 5.32 Å². The van der Waals surface area contributed by atoms with Crippen molar-refractivity contribution in [3.63, 3.8) is 0 Å². The molecule has 1 aliphatic rings. The van der Waals surface area contributed by atoms with E-state index < -0.39 is 27.9 Å². The number of phenolic OH excluding ortho intramolecular Hbond substituents is 2. The summed E-state index contributed by atoms with van der Waals surface area (Å²) in [5, 5.41) is 34.3. The fourth-order valence-electron chi connectivity index (χ4n) is 3.16. The third-order valence-corrected chi connectivity index (χ3v) is 4.46. The number of aromatic hydroxyl groups is 2. The number of ketones is 2. The maximum absolute atomic E-state index is 12.9. The number of phenols is 2. The summed E-state index contributed by atoms with van der Waals surface area (Å²) >= 11 is 0. The molecule has 0 aromatic heterocycles. The van der Waals surface area contributed by atoms with Crippen LogP contribution in [0.1, 0.15) is 31.8 Å². The van der Waals surface area contributed by atoms with Gasteiger partial charge in [0.15, 0.2) is 11.6 Å². The smallest absolute Gasteiger partial charge is 0.273 e. The van der Waals surface area contributed by atoms with Crippen LogP contribution in [0.5, 0.6) is 11.5 Å². The van der Waals surface area contributed by atoms with E-state index in [4.69, 9.17) is 0 Å². The fourth-order valence-corrected chi connectivity index (χ4v) is 3.16. The van der Waals surface area contributed by atoms with E-state index in [1.807, 2.05) is 6.07 Å². The predicted octanol–water partition coefficient (Wildman–Crippen LogP) is 3.53. The number of hydrogen-bond acceptors (Lipinski definition) is 7. The monoisotopic (exact) mass is 376 g/mol. The Morgan fingerprint density at radius 1 is 0.821 bits per heavy atom. The van der Waals surface area contributed by atoms with Gasteiger partial charge in [0.2, 0.25) is 0 Å². The second-order valence-corrected chi connectivity index (χ2v) is 6.21. The Morgan fingerprint density at radius 3 is 2.18 bits per heavy atom. The summed E-state index contributed by atoms with van der Waals surface area (Å²) in [5.74, 6) is -2.26. The minimum Gasteiger partial charge on any atom is -0.507 e. The molecule has 3 aromatic rings. The fraction of sp³-hybridized carbons (Fsp3) is 0. The Kier molecular flexibility index (Phi) is 3.82. The number of nitrogens with one attached hydrogen (secondary N) is 1. The van der Waals surface area contributed by atoms with E-state index >= 15 is 0 Å². The summed E-state index contributed by atoms with van der Waals surface area (Å²) in [6, 6.07) is 13.1. The van der Waals surface area contributed by atoms with Gasteiger partial charge in [0.1, 0.15) is 11.5 Å². The topological polar surface area (TPSA) is 130 Å². The lowest BCUT2D eigenvalue weighted by Gasteiger charge is -2.20. The molecule has 0 spiro atoms. The molecule has 0 atom stereocenters. The van der Waals surface area contributed by atoms with Gasteiger partial charge >= 0.3 is 0 Å². The zero-order valence-electron chi connectivity index (χ0n) is 14.2. The minimum atomic E-state index is -0.757. The molecule has 8 heteroatoms. The maximum atomic E-state index is 12.9. The molecule has 0 radical (unpaired) electrons. The molecule has 0 saturated heterocycles. The summed E-state index contributed by atoms with van der Waals surface area (Å²) in [4.78, 5) is 35.9. The third kappa shape index (κ3) is 2.64. The molecule has 3 N–H and O–H groups in total. The quantitative estimate of drug-likeness (QED) is 0.283. The lowest BCUT2D eigenvalue weighted by atomic mass is 9.83. The SMILES string of the molecule is O=C1c2cc(Nc3ccccc3)c(O)cc2C(=O)c2c(O)cc([N+](=O)[O-])cc21. The van der Waals surface area contributed by atoms with Crippen molar-refractivity contribution in [1.29, 1.82) is 0 Å². The number of anilines is 2. The van der Waals surface area contributed by atoms with Crippen LogP contribution in [0.3, 0.4) is 0 Å². The molecular weight excluding hydrogens is 364 g/mol. The van der Waals surface area contributed by atoms with Crippen LogP contribution in [0.25, 0.3) is 0 Å². The van der Waals surface area contributed by atoms with Crippen LogP contribution >= 0.6 is 0 Å². The van der Waals surface area contributed by atoms with Crippen molar-refractivity contribution < 1.29 is 24.7 Å². The highest BCUT2D eigenvalue weighted by atomic mass is 16.6. The van der Waals surface area contributed by atoms with Crippen LogP contribution < -0.4 is 5.32 Å². The first kappa shape index (κ1) is 17.2. The molecule has 8 nitrogen and oxygen atoms in total. The van der Waals surface area contributed by atoms with Gasteiger partial charge < -0.3 is 15.5 Å². The average Bonchev–Trinajstić information content (AvgIpc) is 2.67. The number of non-ortho nitro benzene ring substituents is 1. The van der Waals surface area contributed by atoms with Crippen LogP contribution in [-0.2, 0) is 0 Å². The van der Waals surface area contributed by atoms with Crippen molar-refractivity contribution in [1.82, 2.24) is 0 Å². The van der Waals surface area contributed by atoms with E-state index in [1.54, 1.807) is 24.3 Å². The molecule has 0 heterocycles. The number of nitrogens with zero attached hydrogens (tertiary/aromatic N) is 1. The number of rotatable bonds is 3. The average molecular weight is 376 g/mol. The van der Waals surface area contributed by atoms with Crippen molar-refractivity contribution in [2.24, 2.45) is 0 Å². The van der Waals surface area contributed by atoms with E-state index in [0.29, 0.717) is 5.69 Å². The van der Waals surface area contributed by atoms with Crippen molar-refractivity contribution in [3.8, 4) is 11.5 Å². The highest BCUT2D eigenvalue weighted by Crippen LogP contribution is 2.39. The molecule has 0 amide bonds. The first-order chi connectivity index (χ1) is 13.4. The predicted molar refractivity (Wildman–Crippen MR) is 99.5 cm³/mol. The normalized spacial score (nSPS) is 12.3. The van der Waals surface area contributed by atoms with Crippen LogP contribution in [-0.4, -0.2) is 26.7 Å². The lowest BCUT2D eigenvalue weighted by molar-refractivity contribution is -0.385. The third-order valence-electron chi connectivity index (χ3n) is 4.46. The van der Waals surface area contributed by atoms with Gasteiger partial charge in [0.05, 0.1) is 22.2 Å². The molecule has 3 aromatic carbocycles. The molecule has 4 rings (SSSR count). The number of nitro groups is 1. The summed E-state index contributed by atoms with van der Waals surface area (Å²) in [6.45, 7) is 0. The Morgan fingerprint density at radius 2 is 1.50 bits per heavy atom. The number of hydrogen-bond donors (Lipinski definition) is 3. The maximum Gasteiger partial charge on any atom is 0.273 e. The van der Waals surface area contributed by atoms with Crippen LogP contribution in [0.4, 0.5) is 17.1 Å². The summed E-state index contributed by atoms with van der Waals surface area (Å²) < 4.78 is 0. The zero-order chi connectivity index (χ0) is 20.0. The summed E-state index contributed by atoms with van der Waals surface area (Å²) in [5.41, 5.74) is -0.314. The van der Waals surface area contributed by atoms with Gasteiger partial charge in [-0.25, -0.2) is 0 Å². The number of benzene rings is 3. The van der Waals surface area contributed by atoms with Crippen LogP contribution in [0.15, 0.2) is 54.6 Å². The van der Waals surface area contributed by atoms with Crippen molar-refractivity contribution in [3.05, 3.63) is 87.0 Å². The zero-order valence-corrected chi connectivity index (χ0v) is 14.2. The molecule has 0 saturated carbocycles. The van der Waals surface area contributed by atoms with Gasteiger partial charge in [-0.15, -0.1) is 0 Å². The Balaban J connectivity index is 1.86. The standard InChI is InChI=1S/C20H12N2O6/c23-16-9-13-12(8-15(16)21-10-4-2-1-3-5-10)19(25)14-6-11(22(27)28)7-17(24)18(14)20(13)26/h1-9,21,23-24H. The summed E-state index contributed by atoms with van der Waals surface area (Å²) in [6.07, 6.45) is 0. The van der Waals surface area contributed by atoms with E-state index in [0.717, 1.165) is 18.2 Å². The second-order valence-electron chi connectivity index (χ2n) is 6.21.